The average Bonchev–Trinajstić information content (AvgIpc) is 3.44. The van der Waals surface area contributed by atoms with Crippen molar-refractivity contribution in [3.05, 3.63) is 78.0 Å². The number of benzene rings is 1. The number of nitrogens with zero attached hydrogens (tertiary/aromatic N) is 5. The molecule has 0 fully saturated rings. The zero-order chi connectivity index (χ0) is 21.1. The lowest BCUT2D eigenvalue weighted by molar-refractivity contribution is 0.0951. The van der Waals surface area contributed by atoms with Crippen LogP contribution in [0.3, 0.4) is 0 Å². The van der Waals surface area contributed by atoms with E-state index in [9.17, 15) is 4.79 Å². The van der Waals surface area contributed by atoms with Crippen LogP contribution in [0, 0.1) is 0 Å². The molecule has 1 aromatic carbocycles. The maximum atomic E-state index is 12.8. The summed E-state index contributed by atoms with van der Waals surface area (Å²) >= 11 is 0. The van der Waals surface area contributed by atoms with Crippen LogP contribution in [0.25, 0.3) is 17.3 Å². The van der Waals surface area contributed by atoms with E-state index in [1.54, 1.807) is 35.3 Å². The highest BCUT2D eigenvalue weighted by molar-refractivity contribution is 5.99. The van der Waals surface area contributed by atoms with Gasteiger partial charge in [-0.05, 0) is 29.8 Å². The molecule has 0 saturated carbocycles. The lowest BCUT2D eigenvalue weighted by Crippen LogP contribution is -2.23. The molecule has 1 amide bonds. The highest BCUT2D eigenvalue weighted by Crippen LogP contribution is 2.26. The molecule has 0 aliphatic heterocycles. The molecule has 30 heavy (non-hydrogen) atoms. The topological polar surface area (TPSA) is 98.7 Å². The van der Waals surface area contributed by atoms with Gasteiger partial charge in [-0.1, -0.05) is 44.1 Å². The van der Waals surface area contributed by atoms with E-state index in [0.717, 1.165) is 5.56 Å². The lowest BCUT2D eigenvalue weighted by atomic mass is 9.96. The Labute approximate surface area is 174 Å². The van der Waals surface area contributed by atoms with Gasteiger partial charge in [0, 0.05) is 30.6 Å². The maximum Gasteiger partial charge on any atom is 0.258 e. The van der Waals surface area contributed by atoms with Gasteiger partial charge in [-0.3, -0.25) is 4.79 Å². The van der Waals surface area contributed by atoms with E-state index >= 15 is 0 Å². The average molecular weight is 402 g/mol. The third-order valence-electron chi connectivity index (χ3n) is 4.50. The third kappa shape index (κ3) is 4.12. The fourth-order valence-corrected chi connectivity index (χ4v) is 2.84. The third-order valence-corrected chi connectivity index (χ3v) is 4.50. The molecule has 3 heterocycles. The fourth-order valence-electron chi connectivity index (χ4n) is 2.84. The first kappa shape index (κ1) is 19.5. The molecule has 0 unspecified atom stereocenters. The number of carbonyl (C=O) groups excluding carboxylic acids is 1. The highest BCUT2D eigenvalue weighted by atomic mass is 16.5. The summed E-state index contributed by atoms with van der Waals surface area (Å²) in [6.45, 7) is 6.36. The number of hydrogen-bond donors (Lipinski definition) is 1. The van der Waals surface area contributed by atoms with Gasteiger partial charge >= 0.3 is 0 Å². The van der Waals surface area contributed by atoms with Crippen LogP contribution in [0.2, 0.25) is 0 Å². The summed E-state index contributed by atoms with van der Waals surface area (Å²) in [5, 5.41) is 11.1. The van der Waals surface area contributed by atoms with Crippen molar-refractivity contribution in [2.45, 2.75) is 32.7 Å². The number of carbonyl (C=O) groups is 1. The van der Waals surface area contributed by atoms with E-state index in [-0.39, 0.29) is 11.3 Å². The maximum absolute atomic E-state index is 12.8. The minimum Gasteiger partial charge on any atom is -0.348 e. The zero-order valence-corrected chi connectivity index (χ0v) is 17.0. The van der Waals surface area contributed by atoms with Gasteiger partial charge < -0.3 is 9.84 Å². The minimum absolute atomic E-state index is 0.225. The molecule has 0 atom stereocenters. The van der Waals surface area contributed by atoms with Crippen molar-refractivity contribution in [2.75, 3.05) is 0 Å². The van der Waals surface area contributed by atoms with E-state index in [4.69, 9.17) is 4.52 Å². The van der Waals surface area contributed by atoms with Crippen LogP contribution in [0.15, 0.2) is 65.6 Å². The summed E-state index contributed by atoms with van der Waals surface area (Å²) in [4.78, 5) is 21.7. The Kier molecular flexibility index (Phi) is 5.14. The SMILES string of the molecule is CC(C)(C)c1noc(-c2ccccc2C(=O)NCc2ccc(-n3cccn3)nc2)n1. The second-order valence-electron chi connectivity index (χ2n) is 7.88. The molecule has 1 N–H and O–H groups in total. The Balaban J connectivity index is 1.48. The van der Waals surface area contributed by atoms with Gasteiger partial charge in [-0.2, -0.15) is 10.1 Å². The fraction of sp³-hybridized carbons (Fsp3) is 0.227. The molecule has 0 aliphatic rings. The van der Waals surface area contributed by atoms with Crippen LogP contribution < -0.4 is 5.32 Å². The molecule has 0 aliphatic carbocycles. The number of nitrogens with one attached hydrogen (secondary N) is 1. The summed E-state index contributed by atoms with van der Waals surface area (Å²) in [5.74, 6) is 1.41. The van der Waals surface area contributed by atoms with Gasteiger partial charge in [0.15, 0.2) is 11.6 Å². The molecule has 4 rings (SSSR count). The summed E-state index contributed by atoms with van der Waals surface area (Å²) in [6, 6.07) is 12.8. The zero-order valence-electron chi connectivity index (χ0n) is 17.0. The Morgan fingerprint density at radius 3 is 2.63 bits per heavy atom. The van der Waals surface area contributed by atoms with Gasteiger partial charge in [-0.25, -0.2) is 9.67 Å². The first-order valence-electron chi connectivity index (χ1n) is 9.58. The summed E-state index contributed by atoms with van der Waals surface area (Å²) in [7, 11) is 0. The van der Waals surface area contributed by atoms with E-state index in [2.05, 4.69) is 25.5 Å². The summed E-state index contributed by atoms with van der Waals surface area (Å²) in [6.07, 6.45) is 5.24. The molecule has 152 valence electrons. The second-order valence-corrected chi connectivity index (χ2v) is 7.88. The molecule has 8 nitrogen and oxygen atoms in total. The van der Waals surface area contributed by atoms with Crippen molar-refractivity contribution in [3.63, 3.8) is 0 Å². The molecule has 3 aromatic heterocycles. The van der Waals surface area contributed by atoms with E-state index in [1.165, 1.54) is 0 Å². The van der Waals surface area contributed by atoms with Crippen molar-refractivity contribution in [1.82, 2.24) is 30.2 Å². The molecule has 0 saturated heterocycles. The van der Waals surface area contributed by atoms with Crippen LogP contribution in [0.4, 0.5) is 0 Å². The monoisotopic (exact) mass is 402 g/mol. The first-order valence-corrected chi connectivity index (χ1v) is 9.58. The van der Waals surface area contributed by atoms with Crippen molar-refractivity contribution in [1.29, 1.82) is 0 Å². The van der Waals surface area contributed by atoms with Crippen LogP contribution >= 0.6 is 0 Å². The molecular formula is C22H22N6O2. The molecule has 0 spiro atoms. The molecular weight excluding hydrogens is 380 g/mol. The van der Waals surface area contributed by atoms with Gasteiger partial charge in [0.1, 0.15) is 0 Å². The number of hydrogen-bond acceptors (Lipinski definition) is 6. The Bertz CT molecular complexity index is 1140. The van der Waals surface area contributed by atoms with Crippen molar-refractivity contribution >= 4 is 5.91 Å². The van der Waals surface area contributed by atoms with Crippen molar-refractivity contribution in [3.8, 4) is 17.3 Å². The van der Waals surface area contributed by atoms with E-state index in [1.807, 2.05) is 51.2 Å². The standard InChI is InChI=1S/C22H22N6O2/c1-22(2,3)21-26-20(30-27-21)17-8-5-4-7-16(17)19(29)24-14-15-9-10-18(23-13-15)28-12-6-11-25-28/h4-13H,14H2,1-3H3,(H,24,29). The van der Waals surface area contributed by atoms with E-state index < -0.39 is 0 Å². The number of pyridine rings is 1. The molecule has 4 aromatic rings. The van der Waals surface area contributed by atoms with Crippen molar-refractivity contribution in [2.24, 2.45) is 0 Å². The normalized spacial score (nSPS) is 11.4. The highest BCUT2D eigenvalue weighted by Gasteiger charge is 2.23. The first-order chi connectivity index (χ1) is 14.4. The lowest BCUT2D eigenvalue weighted by Gasteiger charge is -2.11. The number of rotatable bonds is 5. The molecule has 0 bridgehead atoms. The van der Waals surface area contributed by atoms with Gasteiger partial charge in [0.2, 0.25) is 0 Å². The summed E-state index contributed by atoms with van der Waals surface area (Å²) < 4.78 is 7.10. The smallest absolute Gasteiger partial charge is 0.258 e. The second kappa shape index (κ2) is 7.90. The van der Waals surface area contributed by atoms with Crippen molar-refractivity contribution < 1.29 is 9.32 Å². The Hall–Kier alpha value is -3.81. The Morgan fingerprint density at radius 2 is 1.97 bits per heavy atom. The minimum atomic E-state index is -0.242. The van der Waals surface area contributed by atoms with E-state index in [0.29, 0.717) is 35.2 Å². The summed E-state index contributed by atoms with van der Waals surface area (Å²) in [5.41, 5.74) is 1.71. The van der Waals surface area contributed by atoms with Gasteiger partial charge in [0.25, 0.3) is 11.8 Å². The van der Waals surface area contributed by atoms with Crippen LogP contribution in [0.5, 0.6) is 0 Å². The Morgan fingerprint density at radius 1 is 1.13 bits per heavy atom. The van der Waals surface area contributed by atoms with Crippen LogP contribution in [-0.2, 0) is 12.0 Å². The quantitative estimate of drug-likeness (QED) is 0.548. The predicted octanol–water partition coefficient (Wildman–Crippen LogP) is 3.54. The molecule has 0 radical (unpaired) electrons. The van der Waals surface area contributed by atoms with Gasteiger partial charge in [-0.15, -0.1) is 0 Å². The van der Waals surface area contributed by atoms with Crippen LogP contribution in [0.1, 0.15) is 42.5 Å². The van der Waals surface area contributed by atoms with Crippen LogP contribution in [-0.4, -0.2) is 30.8 Å². The number of aromatic nitrogens is 5. The predicted molar refractivity (Wildman–Crippen MR) is 111 cm³/mol. The molecule has 8 heteroatoms. The van der Waals surface area contributed by atoms with Gasteiger partial charge in [0.05, 0.1) is 11.1 Å². The largest absolute Gasteiger partial charge is 0.348 e. The number of amides is 1.